The fourth-order valence-corrected chi connectivity index (χ4v) is 0.899. The summed E-state index contributed by atoms with van der Waals surface area (Å²) in [5, 5.41) is 3.14. The van der Waals surface area contributed by atoms with Gasteiger partial charge in [-0.2, -0.15) is 12.6 Å². The van der Waals surface area contributed by atoms with Crippen LogP contribution in [0.15, 0.2) is 4.99 Å². The molecule has 0 fully saturated rings. The average Bonchev–Trinajstić information content (AvgIpc) is 1.90. The van der Waals surface area contributed by atoms with E-state index in [0.29, 0.717) is 0 Å². The Hall–Kier alpha value is -0.180. The van der Waals surface area contributed by atoms with Gasteiger partial charge in [-0.3, -0.25) is 4.99 Å². The molecule has 8 heavy (non-hydrogen) atoms. The summed E-state index contributed by atoms with van der Waals surface area (Å²) < 4.78 is 0. The molecule has 1 rings (SSSR count). The Labute approximate surface area is 54.8 Å². The number of nitrogens with zero attached hydrogens (tertiary/aromatic N) is 1. The molecule has 1 aliphatic heterocycles. The van der Waals surface area contributed by atoms with Crippen LogP contribution < -0.4 is 5.32 Å². The highest BCUT2D eigenvalue weighted by Crippen LogP contribution is 1.89. The first-order valence-electron chi connectivity index (χ1n) is 2.81. The van der Waals surface area contributed by atoms with E-state index in [0.717, 1.165) is 31.1 Å². The van der Waals surface area contributed by atoms with E-state index in [9.17, 15) is 0 Å². The third kappa shape index (κ3) is 1.40. The van der Waals surface area contributed by atoms with Crippen molar-refractivity contribution in [2.75, 3.05) is 18.8 Å². The minimum absolute atomic E-state index is 0.750. The molecule has 3 heteroatoms. The lowest BCUT2D eigenvalue weighted by Crippen LogP contribution is -2.30. The van der Waals surface area contributed by atoms with Crippen LogP contribution >= 0.6 is 12.6 Å². The molecule has 0 aromatic rings. The Bertz CT molecular complexity index is 101. The van der Waals surface area contributed by atoms with Crippen molar-refractivity contribution in [2.45, 2.75) is 6.42 Å². The van der Waals surface area contributed by atoms with Gasteiger partial charge in [-0.05, 0) is 6.42 Å². The molecule has 2 nitrogen and oxygen atoms in total. The molecular weight excluding hydrogens is 120 g/mol. The molecule has 0 saturated carbocycles. The summed E-state index contributed by atoms with van der Waals surface area (Å²) in [7, 11) is 0. The van der Waals surface area contributed by atoms with E-state index in [1.807, 2.05) is 0 Å². The Morgan fingerprint density at radius 2 is 2.62 bits per heavy atom. The lowest BCUT2D eigenvalue weighted by molar-refractivity contribution is 0.740. The van der Waals surface area contributed by atoms with Crippen LogP contribution in [0.4, 0.5) is 0 Å². The zero-order chi connectivity index (χ0) is 5.82. The fourth-order valence-electron chi connectivity index (χ4n) is 0.688. The molecule has 0 aliphatic carbocycles. The van der Waals surface area contributed by atoms with E-state index in [4.69, 9.17) is 0 Å². The first kappa shape index (κ1) is 5.95. The highest BCUT2D eigenvalue weighted by Gasteiger charge is 1.98. The minimum Gasteiger partial charge on any atom is -0.373 e. The number of aliphatic imine (C=N–C) groups is 1. The van der Waals surface area contributed by atoms with Crippen LogP contribution in [0.3, 0.4) is 0 Å². The summed E-state index contributed by atoms with van der Waals surface area (Å²) in [5.41, 5.74) is 0. The maximum absolute atomic E-state index is 4.18. The first-order valence-corrected chi connectivity index (χ1v) is 3.45. The number of rotatable bonds is 1. The third-order valence-electron chi connectivity index (χ3n) is 1.12. The predicted molar refractivity (Wildman–Crippen MR) is 38.8 cm³/mol. The number of amidine groups is 1. The van der Waals surface area contributed by atoms with Crippen LogP contribution in [-0.2, 0) is 0 Å². The van der Waals surface area contributed by atoms with Gasteiger partial charge in [-0.25, -0.2) is 0 Å². The van der Waals surface area contributed by atoms with Crippen LogP contribution in [-0.4, -0.2) is 24.7 Å². The predicted octanol–water partition coefficient (Wildman–Crippen LogP) is 0.308. The van der Waals surface area contributed by atoms with E-state index < -0.39 is 0 Å². The van der Waals surface area contributed by atoms with Gasteiger partial charge < -0.3 is 5.32 Å². The van der Waals surface area contributed by atoms with Crippen molar-refractivity contribution in [1.29, 1.82) is 0 Å². The fraction of sp³-hybridized carbons (Fsp3) is 0.800. The van der Waals surface area contributed by atoms with Crippen LogP contribution in [0, 0.1) is 0 Å². The topological polar surface area (TPSA) is 24.4 Å². The van der Waals surface area contributed by atoms with Crippen LogP contribution in [0.25, 0.3) is 0 Å². The molecule has 0 radical (unpaired) electrons. The lowest BCUT2D eigenvalue weighted by Gasteiger charge is -2.11. The molecule has 0 aromatic carbocycles. The summed E-state index contributed by atoms with van der Waals surface area (Å²) in [6.45, 7) is 2.04. The van der Waals surface area contributed by atoms with E-state index in [2.05, 4.69) is 22.9 Å². The summed E-state index contributed by atoms with van der Waals surface area (Å²) in [5.74, 6) is 1.79. The highest BCUT2D eigenvalue weighted by atomic mass is 32.1. The lowest BCUT2D eigenvalue weighted by atomic mass is 10.4. The molecule has 0 spiro atoms. The Morgan fingerprint density at radius 3 is 3.00 bits per heavy atom. The molecule has 0 aromatic heterocycles. The maximum Gasteiger partial charge on any atom is 0.106 e. The molecular formula is C5H10N2S. The van der Waals surface area contributed by atoms with Crippen molar-refractivity contribution < 1.29 is 0 Å². The van der Waals surface area contributed by atoms with Crippen molar-refractivity contribution in [1.82, 2.24) is 5.32 Å². The maximum atomic E-state index is 4.18. The molecule has 0 unspecified atom stereocenters. The second-order valence-electron chi connectivity index (χ2n) is 1.77. The molecule has 1 N–H and O–H groups in total. The normalized spacial score (nSPS) is 19.4. The quantitative estimate of drug-likeness (QED) is 0.490. The van der Waals surface area contributed by atoms with E-state index >= 15 is 0 Å². The van der Waals surface area contributed by atoms with Crippen molar-refractivity contribution in [3.05, 3.63) is 0 Å². The molecule has 0 saturated heterocycles. The SMILES string of the molecule is SCC1=NCCCN1. The molecule has 1 heterocycles. The third-order valence-corrected chi connectivity index (χ3v) is 1.42. The Morgan fingerprint density at radius 1 is 1.75 bits per heavy atom. The van der Waals surface area contributed by atoms with Crippen LogP contribution in [0.5, 0.6) is 0 Å². The van der Waals surface area contributed by atoms with Gasteiger partial charge in [-0.1, -0.05) is 0 Å². The van der Waals surface area contributed by atoms with Gasteiger partial charge in [0.15, 0.2) is 0 Å². The summed E-state index contributed by atoms with van der Waals surface area (Å²) in [6.07, 6.45) is 1.16. The van der Waals surface area contributed by atoms with Gasteiger partial charge in [0.25, 0.3) is 0 Å². The van der Waals surface area contributed by atoms with Crippen LogP contribution in [0.1, 0.15) is 6.42 Å². The smallest absolute Gasteiger partial charge is 0.106 e. The van der Waals surface area contributed by atoms with E-state index in [1.165, 1.54) is 0 Å². The van der Waals surface area contributed by atoms with Gasteiger partial charge in [-0.15, -0.1) is 0 Å². The van der Waals surface area contributed by atoms with Gasteiger partial charge in [0, 0.05) is 18.8 Å². The molecule has 46 valence electrons. The number of hydrogen-bond donors (Lipinski definition) is 2. The largest absolute Gasteiger partial charge is 0.373 e. The van der Waals surface area contributed by atoms with Gasteiger partial charge in [0.2, 0.25) is 0 Å². The molecule has 1 aliphatic rings. The minimum atomic E-state index is 0.750. The zero-order valence-electron chi connectivity index (χ0n) is 4.72. The highest BCUT2D eigenvalue weighted by molar-refractivity contribution is 7.81. The molecule has 0 amide bonds. The summed E-state index contributed by atoms with van der Waals surface area (Å²) >= 11 is 4.07. The average molecular weight is 130 g/mol. The van der Waals surface area contributed by atoms with E-state index in [-0.39, 0.29) is 0 Å². The van der Waals surface area contributed by atoms with Crippen molar-refractivity contribution in [2.24, 2.45) is 4.99 Å². The molecule has 0 atom stereocenters. The van der Waals surface area contributed by atoms with Crippen molar-refractivity contribution in [3.8, 4) is 0 Å². The monoisotopic (exact) mass is 130 g/mol. The van der Waals surface area contributed by atoms with E-state index in [1.54, 1.807) is 0 Å². The van der Waals surface area contributed by atoms with Gasteiger partial charge >= 0.3 is 0 Å². The van der Waals surface area contributed by atoms with Gasteiger partial charge in [0.05, 0.1) is 0 Å². The number of thiol groups is 1. The van der Waals surface area contributed by atoms with Crippen molar-refractivity contribution >= 4 is 18.5 Å². The Balaban J connectivity index is 2.37. The standard InChI is InChI=1S/C5H10N2S/c8-4-5-6-2-1-3-7-5/h8H,1-4H2,(H,6,7). The number of hydrogen-bond acceptors (Lipinski definition) is 3. The summed E-state index contributed by atoms with van der Waals surface area (Å²) in [4.78, 5) is 4.18. The van der Waals surface area contributed by atoms with Crippen molar-refractivity contribution in [3.63, 3.8) is 0 Å². The van der Waals surface area contributed by atoms with Crippen LogP contribution in [0.2, 0.25) is 0 Å². The Kier molecular flexibility index (Phi) is 2.21. The second-order valence-corrected chi connectivity index (χ2v) is 2.08. The van der Waals surface area contributed by atoms with Gasteiger partial charge in [0.1, 0.15) is 5.84 Å². The molecule has 0 bridgehead atoms. The first-order chi connectivity index (χ1) is 3.93. The zero-order valence-corrected chi connectivity index (χ0v) is 5.62. The second kappa shape index (κ2) is 2.97. The summed E-state index contributed by atoms with van der Waals surface area (Å²) in [6, 6.07) is 0. The number of nitrogens with one attached hydrogen (secondary N) is 1.